The van der Waals surface area contributed by atoms with Gasteiger partial charge in [0.2, 0.25) is 0 Å². The third-order valence-corrected chi connectivity index (χ3v) is 4.26. The van der Waals surface area contributed by atoms with Crippen LogP contribution < -0.4 is 15.8 Å². The van der Waals surface area contributed by atoms with Gasteiger partial charge in [-0.2, -0.15) is 5.10 Å². The smallest absolute Gasteiger partial charge is 0.276 e. The zero-order valence-corrected chi connectivity index (χ0v) is 14.4. The minimum Gasteiger partial charge on any atom is -0.357 e. The number of amides is 1. The highest BCUT2D eigenvalue weighted by Crippen LogP contribution is 2.19. The number of hydrogen-bond donors (Lipinski definition) is 1. The topological polar surface area (TPSA) is 80.1 Å². The summed E-state index contributed by atoms with van der Waals surface area (Å²) in [6.45, 7) is 4.62. The molecule has 0 aliphatic carbocycles. The summed E-state index contributed by atoms with van der Waals surface area (Å²) < 4.78 is 1.34. The Labute approximate surface area is 146 Å². The third-order valence-electron chi connectivity index (χ3n) is 4.26. The van der Waals surface area contributed by atoms with Crippen molar-refractivity contribution in [1.82, 2.24) is 14.8 Å². The van der Waals surface area contributed by atoms with Gasteiger partial charge in [0.25, 0.3) is 11.5 Å². The highest BCUT2D eigenvalue weighted by Gasteiger charge is 2.14. The van der Waals surface area contributed by atoms with Gasteiger partial charge >= 0.3 is 0 Å². The molecular weight excluding hydrogens is 318 g/mol. The van der Waals surface area contributed by atoms with E-state index in [1.165, 1.54) is 29.7 Å². The quantitative estimate of drug-likeness (QED) is 0.872. The highest BCUT2D eigenvalue weighted by molar-refractivity contribution is 6.02. The lowest BCUT2D eigenvalue weighted by molar-refractivity contribution is 0.101. The second-order valence-corrected chi connectivity index (χ2v) is 6.19. The number of carbonyl (C=O) groups excluding carboxylic acids is 1. The first kappa shape index (κ1) is 17.1. The fraction of sp³-hybridized carbons (Fsp3) is 0.444. The zero-order chi connectivity index (χ0) is 17.6. The molecule has 1 aliphatic heterocycles. The number of nitrogens with one attached hydrogen (secondary N) is 1. The SMILES string of the molecule is CCCCn1nc(C(=O)Nc2ccc(N3CCCC3)nc2)ccc1=O. The number of aromatic nitrogens is 3. The van der Waals surface area contributed by atoms with E-state index in [1.54, 1.807) is 6.20 Å². The Balaban J connectivity index is 1.68. The van der Waals surface area contributed by atoms with Crippen molar-refractivity contribution in [1.29, 1.82) is 0 Å². The Morgan fingerprint density at radius 3 is 2.68 bits per heavy atom. The zero-order valence-electron chi connectivity index (χ0n) is 14.4. The summed E-state index contributed by atoms with van der Waals surface area (Å²) in [4.78, 5) is 30.8. The van der Waals surface area contributed by atoms with Crippen LogP contribution >= 0.6 is 0 Å². The van der Waals surface area contributed by atoms with Gasteiger partial charge in [-0.15, -0.1) is 0 Å². The van der Waals surface area contributed by atoms with Gasteiger partial charge in [0, 0.05) is 25.7 Å². The molecule has 2 aromatic heterocycles. The second-order valence-electron chi connectivity index (χ2n) is 6.19. The Bertz CT molecular complexity index is 779. The van der Waals surface area contributed by atoms with Crippen LogP contribution in [0.15, 0.2) is 35.3 Å². The molecule has 1 saturated heterocycles. The van der Waals surface area contributed by atoms with E-state index in [0.717, 1.165) is 31.7 Å². The monoisotopic (exact) mass is 341 g/mol. The number of nitrogens with zero attached hydrogens (tertiary/aromatic N) is 4. The van der Waals surface area contributed by atoms with Gasteiger partial charge < -0.3 is 10.2 Å². The molecule has 2 aromatic rings. The molecule has 0 unspecified atom stereocenters. The van der Waals surface area contributed by atoms with Crippen LogP contribution in [0.4, 0.5) is 11.5 Å². The normalized spacial score (nSPS) is 13.9. The predicted octanol–water partition coefficient (Wildman–Crippen LogP) is 2.29. The maximum atomic E-state index is 12.4. The van der Waals surface area contributed by atoms with Gasteiger partial charge in [-0.25, -0.2) is 9.67 Å². The van der Waals surface area contributed by atoms with Crippen LogP contribution in [0.2, 0.25) is 0 Å². The first-order chi connectivity index (χ1) is 12.2. The molecule has 0 aromatic carbocycles. The van der Waals surface area contributed by atoms with Crippen LogP contribution in [0.1, 0.15) is 43.1 Å². The summed E-state index contributed by atoms with van der Waals surface area (Å²) in [5.41, 5.74) is 0.641. The molecule has 1 amide bonds. The molecule has 1 fully saturated rings. The fourth-order valence-electron chi connectivity index (χ4n) is 2.83. The van der Waals surface area contributed by atoms with Crippen molar-refractivity contribution < 1.29 is 4.79 Å². The van der Waals surface area contributed by atoms with E-state index in [0.29, 0.717) is 12.2 Å². The van der Waals surface area contributed by atoms with Crippen molar-refractivity contribution in [2.45, 2.75) is 39.2 Å². The average Bonchev–Trinajstić information content (AvgIpc) is 3.16. The number of rotatable bonds is 6. The Morgan fingerprint density at radius 2 is 2.00 bits per heavy atom. The molecule has 1 N–H and O–H groups in total. The van der Waals surface area contributed by atoms with E-state index in [9.17, 15) is 9.59 Å². The van der Waals surface area contributed by atoms with Gasteiger partial charge in [-0.1, -0.05) is 13.3 Å². The van der Waals surface area contributed by atoms with E-state index in [4.69, 9.17) is 0 Å². The lowest BCUT2D eigenvalue weighted by Gasteiger charge is -2.16. The molecule has 3 heterocycles. The fourth-order valence-corrected chi connectivity index (χ4v) is 2.83. The van der Waals surface area contributed by atoms with Crippen LogP contribution in [0.25, 0.3) is 0 Å². The number of anilines is 2. The molecule has 25 heavy (non-hydrogen) atoms. The van der Waals surface area contributed by atoms with E-state index in [2.05, 4.69) is 20.3 Å². The van der Waals surface area contributed by atoms with Crippen LogP contribution in [0.3, 0.4) is 0 Å². The average molecular weight is 341 g/mol. The van der Waals surface area contributed by atoms with E-state index in [1.807, 2.05) is 19.1 Å². The molecule has 0 bridgehead atoms. The Kier molecular flexibility index (Phi) is 5.42. The van der Waals surface area contributed by atoms with Gasteiger partial charge in [-0.05, 0) is 37.5 Å². The molecule has 1 aliphatic rings. The van der Waals surface area contributed by atoms with Crippen LogP contribution in [-0.2, 0) is 6.54 Å². The second kappa shape index (κ2) is 7.92. The molecule has 0 radical (unpaired) electrons. The van der Waals surface area contributed by atoms with E-state index >= 15 is 0 Å². The van der Waals surface area contributed by atoms with Crippen molar-refractivity contribution in [3.63, 3.8) is 0 Å². The lowest BCUT2D eigenvalue weighted by atomic mass is 10.3. The molecule has 7 heteroatoms. The molecule has 132 valence electrons. The highest BCUT2D eigenvalue weighted by atomic mass is 16.2. The number of carbonyl (C=O) groups is 1. The molecule has 0 spiro atoms. The summed E-state index contributed by atoms with van der Waals surface area (Å²) in [5.74, 6) is 0.586. The minimum absolute atomic E-state index is 0.193. The van der Waals surface area contributed by atoms with Crippen molar-refractivity contribution in [3.8, 4) is 0 Å². The Hall–Kier alpha value is -2.70. The van der Waals surface area contributed by atoms with Gasteiger partial charge in [-0.3, -0.25) is 9.59 Å². The largest absolute Gasteiger partial charge is 0.357 e. The van der Waals surface area contributed by atoms with Crippen LogP contribution in [0.5, 0.6) is 0 Å². The van der Waals surface area contributed by atoms with Crippen molar-refractivity contribution in [2.24, 2.45) is 0 Å². The molecule has 3 rings (SSSR count). The lowest BCUT2D eigenvalue weighted by Crippen LogP contribution is -2.26. The minimum atomic E-state index is -0.346. The van der Waals surface area contributed by atoms with Crippen molar-refractivity contribution in [3.05, 3.63) is 46.5 Å². The molecular formula is C18H23N5O2. The summed E-state index contributed by atoms with van der Waals surface area (Å²) in [5, 5.41) is 6.93. The number of aryl methyl sites for hydroxylation is 1. The van der Waals surface area contributed by atoms with Gasteiger partial charge in [0.1, 0.15) is 11.5 Å². The first-order valence-electron chi connectivity index (χ1n) is 8.78. The standard InChI is InChI=1S/C18H23N5O2/c1-2-3-12-23-17(24)9-7-15(21-23)18(25)20-14-6-8-16(19-13-14)22-10-4-5-11-22/h6-9,13H,2-5,10-12H2,1H3,(H,20,25). The number of hydrogen-bond acceptors (Lipinski definition) is 5. The maximum absolute atomic E-state index is 12.4. The Morgan fingerprint density at radius 1 is 1.20 bits per heavy atom. The van der Waals surface area contributed by atoms with Crippen LogP contribution in [0, 0.1) is 0 Å². The third kappa shape index (κ3) is 4.23. The van der Waals surface area contributed by atoms with E-state index in [-0.39, 0.29) is 17.2 Å². The number of pyridine rings is 1. The van der Waals surface area contributed by atoms with Crippen LogP contribution in [-0.4, -0.2) is 33.8 Å². The summed E-state index contributed by atoms with van der Waals surface area (Å²) in [6.07, 6.45) is 5.84. The van der Waals surface area contributed by atoms with Gasteiger partial charge in [0.05, 0.1) is 11.9 Å². The molecule has 0 saturated carbocycles. The first-order valence-corrected chi connectivity index (χ1v) is 8.78. The number of unbranched alkanes of at least 4 members (excludes halogenated alkanes) is 1. The predicted molar refractivity (Wildman–Crippen MR) is 97.0 cm³/mol. The van der Waals surface area contributed by atoms with Crippen molar-refractivity contribution in [2.75, 3.05) is 23.3 Å². The maximum Gasteiger partial charge on any atom is 0.276 e. The van der Waals surface area contributed by atoms with Crippen molar-refractivity contribution >= 4 is 17.4 Å². The molecule has 7 nitrogen and oxygen atoms in total. The summed E-state index contributed by atoms with van der Waals surface area (Å²) in [6, 6.07) is 6.58. The molecule has 0 atom stereocenters. The summed E-state index contributed by atoms with van der Waals surface area (Å²) >= 11 is 0. The van der Waals surface area contributed by atoms with E-state index < -0.39 is 0 Å². The summed E-state index contributed by atoms with van der Waals surface area (Å²) in [7, 11) is 0. The van der Waals surface area contributed by atoms with Gasteiger partial charge in [0.15, 0.2) is 0 Å².